The molecule has 0 heterocycles. The lowest BCUT2D eigenvalue weighted by Crippen LogP contribution is -2.03. The van der Waals surface area contributed by atoms with Gasteiger partial charge < -0.3 is 19.7 Å². The molecule has 0 saturated heterocycles. The van der Waals surface area contributed by atoms with Crippen molar-refractivity contribution in [1.29, 1.82) is 0 Å². The number of carboxylic acids is 1. The summed E-state index contributed by atoms with van der Waals surface area (Å²) in [6.45, 7) is 0. The summed E-state index contributed by atoms with van der Waals surface area (Å²) < 4.78 is 11.1. The first-order valence-corrected chi connectivity index (χ1v) is 6.60. The summed E-state index contributed by atoms with van der Waals surface area (Å²) in [4.78, 5) is 10.5. The molecule has 0 aliphatic carbocycles. The van der Waals surface area contributed by atoms with Crippen LogP contribution in [0.4, 0.5) is 0 Å². The van der Waals surface area contributed by atoms with Crippen molar-refractivity contribution in [3.8, 4) is 11.5 Å². The number of aliphatic hydroxyl groups is 1. The molecule has 0 aliphatic rings. The Kier molecular flexibility index (Phi) is 6.11. The van der Waals surface area contributed by atoms with Crippen LogP contribution in [0.15, 0.2) is 16.6 Å². The van der Waals surface area contributed by atoms with E-state index in [9.17, 15) is 9.90 Å². The van der Waals surface area contributed by atoms with Crippen LogP contribution in [0.5, 0.6) is 11.5 Å². The number of rotatable bonds is 7. The average molecular weight is 333 g/mol. The number of hydrogen-bond acceptors (Lipinski definition) is 4. The van der Waals surface area contributed by atoms with Gasteiger partial charge in [0.15, 0.2) is 0 Å². The predicted molar refractivity (Wildman–Crippen MR) is 73.7 cm³/mol. The number of ether oxygens (including phenoxy) is 2. The third-order valence-corrected chi connectivity index (χ3v) is 3.35. The Labute approximate surface area is 120 Å². The number of halogens is 1. The molecule has 1 unspecified atom stereocenters. The van der Waals surface area contributed by atoms with Crippen LogP contribution in [0.25, 0.3) is 0 Å². The largest absolute Gasteiger partial charge is 0.496 e. The zero-order valence-electron chi connectivity index (χ0n) is 10.9. The Bertz CT molecular complexity index is 447. The Morgan fingerprint density at radius 3 is 2.47 bits per heavy atom. The van der Waals surface area contributed by atoms with Gasteiger partial charge in [-0.25, -0.2) is 0 Å². The quantitative estimate of drug-likeness (QED) is 0.802. The van der Waals surface area contributed by atoms with E-state index in [2.05, 4.69) is 15.9 Å². The maximum absolute atomic E-state index is 10.5. The number of methoxy groups -OCH3 is 2. The Hall–Kier alpha value is -1.27. The zero-order valence-corrected chi connectivity index (χ0v) is 12.4. The molecule has 0 spiro atoms. The van der Waals surface area contributed by atoms with E-state index in [4.69, 9.17) is 14.6 Å². The maximum atomic E-state index is 10.5. The van der Waals surface area contributed by atoms with E-state index in [0.717, 1.165) is 4.47 Å². The van der Waals surface area contributed by atoms with Gasteiger partial charge in [-0.05, 0) is 40.9 Å². The normalized spacial score (nSPS) is 12.0. The van der Waals surface area contributed by atoms with Crippen molar-refractivity contribution < 1.29 is 24.5 Å². The van der Waals surface area contributed by atoms with Gasteiger partial charge in [0.25, 0.3) is 0 Å². The minimum Gasteiger partial charge on any atom is -0.496 e. The van der Waals surface area contributed by atoms with Crippen molar-refractivity contribution >= 4 is 21.9 Å². The first-order chi connectivity index (χ1) is 8.99. The molecule has 0 radical (unpaired) electrons. The second-order valence-corrected chi connectivity index (χ2v) is 4.88. The van der Waals surface area contributed by atoms with E-state index in [0.29, 0.717) is 29.9 Å². The molecule has 0 aromatic heterocycles. The summed E-state index contributed by atoms with van der Waals surface area (Å²) in [6.07, 6.45) is 0.00899. The summed E-state index contributed by atoms with van der Waals surface area (Å²) in [5.41, 5.74) is 0.591. The number of carboxylic acid groups (broad SMARTS) is 1. The molecule has 0 saturated carbocycles. The van der Waals surface area contributed by atoms with Crippen LogP contribution in [0.2, 0.25) is 0 Å². The fourth-order valence-electron chi connectivity index (χ4n) is 1.75. The molecule has 0 bridgehead atoms. The first kappa shape index (κ1) is 15.8. The second kappa shape index (κ2) is 7.35. The van der Waals surface area contributed by atoms with Gasteiger partial charge >= 0.3 is 5.97 Å². The molecule has 0 fully saturated rings. The Morgan fingerprint density at radius 1 is 1.32 bits per heavy atom. The highest BCUT2D eigenvalue weighted by molar-refractivity contribution is 9.10. The summed E-state index contributed by atoms with van der Waals surface area (Å²) >= 11 is 3.34. The van der Waals surface area contributed by atoms with Crippen LogP contribution >= 0.6 is 15.9 Å². The monoisotopic (exact) mass is 332 g/mol. The van der Waals surface area contributed by atoms with Crippen LogP contribution in [0.3, 0.4) is 0 Å². The molecule has 0 amide bonds. The van der Waals surface area contributed by atoms with Gasteiger partial charge in [0, 0.05) is 12.0 Å². The van der Waals surface area contributed by atoms with E-state index in [1.54, 1.807) is 12.1 Å². The highest BCUT2D eigenvalue weighted by Crippen LogP contribution is 2.37. The van der Waals surface area contributed by atoms with Gasteiger partial charge in [-0.15, -0.1) is 0 Å². The number of benzene rings is 1. The molecule has 106 valence electrons. The number of hydrogen-bond donors (Lipinski definition) is 2. The first-order valence-electron chi connectivity index (χ1n) is 5.80. The molecule has 2 N–H and O–H groups in total. The predicted octanol–water partition coefficient (Wildman–Crippen LogP) is 2.75. The van der Waals surface area contributed by atoms with Gasteiger partial charge in [-0.1, -0.05) is 0 Å². The average Bonchev–Trinajstić information content (AvgIpc) is 2.37. The van der Waals surface area contributed by atoms with Crippen molar-refractivity contribution in [3.05, 3.63) is 22.2 Å². The van der Waals surface area contributed by atoms with E-state index in [-0.39, 0.29) is 6.42 Å². The second-order valence-electron chi connectivity index (χ2n) is 4.03. The SMILES string of the molecule is COc1cc(C(O)CCCC(=O)O)c(OC)cc1Br. The fraction of sp³-hybridized carbons (Fsp3) is 0.462. The maximum Gasteiger partial charge on any atom is 0.303 e. The standard InChI is InChI=1S/C13H17BrO5/c1-18-11-7-9(14)12(19-2)6-8(11)10(15)4-3-5-13(16)17/h6-7,10,15H,3-5H2,1-2H3,(H,16,17). The van der Waals surface area contributed by atoms with Crippen molar-refractivity contribution in [2.24, 2.45) is 0 Å². The van der Waals surface area contributed by atoms with Gasteiger partial charge in [-0.3, -0.25) is 4.79 Å². The van der Waals surface area contributed by atoms with Crippen molar-refractivity contribution in [2.45, 2.75) is 25.4 Å². The van der Waals surface area contributed by atoms with Crippen molar-refractivity contribution in [2.75, 3.05) is 14.2 Å². The molecule has 1 atom stereocenters. The highest BCUT2D eigenvalue weighted by atomic mass is 79.9. The van der Waals surface area contributed by atoms with E-state index in [1.165, 1.54) is 14.2 Å². The van der Waals surface area contributed by atoms with E-state index >= 15 is 0 Å². The number of carbonyl (C=O) groups is 1. The molecule has 19 heavy (non-hydrogen) atoms. The topological polar surface area (TPSA) is 76.0 Å². The molecular formula is C13H17BrO5. The van der Waals surface area contributed by atoms with Crippen LogP contribution < -0.4 is 9.47 Å². The van der Waals surface area contributed by atoms with Gasteiger partial charge in [0.05, 0.1) is 24.8 Å². The fourth-order valence-corrected chi connectivity index (χ4v) is 2.23. The van der Waals surface area contributed by atoms with Crippen molar-refractivity contribution in [1.82, 2.24) is 0 Å². The third-order valence-electron chi connectivity index (χ3n) is 2.73. The summed E-state index contributed by atoms with van der Waals surface area (Å²) in [5.74, 6) is 0.260. The summed E-state index contributed by atoms with van der Waals surface area (Å²) in [6, 6.07) is 3.41. The van der Waals surface area contributed by atoms with Crippen LogP contribution in [-0.2, 0) is 4.79 Å². The number of aliphatic hydroxyl groups excluding tert-OH is 1. The molecule has 1 rings (SSSR count). The molecule has 6 heteroatoms. The van der Waals surface area contributed by atoms with Gasteiger partial charge in [0.1, 0.15) is 11.5 Å². The molecule has 1 aromatic rings. The summed E-state index contributed by atoms with van der Waals surface area (Å²) in [7, 11) is 3.05. The van der Waals surface area contributed by atoms with E-state index in [1.807, 2.05) is 0 Å². The van der Waals surface area contributed by atoms with Crippen LogP contribution in [0, 0.1) is 0 Å². The van der Waals surface area contributed by atoms with E-state index < -0.39 is 12.1 Å². The van der Waals surface area contributed by atoms with Crippen LogP contribution in [-0.4, -0.2) is 30.4 Å². The smallest absolute Gasteiger partial charge is 0.303 e. The highest BCUT2D eigenvalue weighted by Gasteiger charge is 2.17. The Morgan fingerprint density at radius 2 is 1.95 bits per heavy atom. The number of aliphatic carboxylic acids is 1. The van der Waals surface area contributed by atoms with Gasteiger partial charge in [0.2, 0.25) is 0 Å². The lowest BCUT2D eigenvalue weighted by molar-refractivity contribution is -0.137. The minimum absolute atomic E-state index is 0.0348. The summed E-state index contributed by atoms with van der Waals surface area (Å²) in [5, 5.41) is 18.7. The Balaban J connectivity index is 2.87. The zero-order chi connectivity index (χ0) is 14.4. The molecule has 5 nitrogen and oxygen atoms in total. The molecule has 1 aromatic carbocycles. The van der Waals surface area contributed by atoms with Crippen molar-refractivity contribution in [3.63, 3.8) is 0 Å². The third kappa shape index (κ3) is 4.40. The van der Waals surface area contributed by atoms with Gasteiger partial charge in [-0.2, -0.15) is 0 Å². The van der Waals surface area contributed by atoms with Crippen LogP contribution in [0.1, 0.15) is 30.9 Å². The molecule has 0 aliphatic heterocycles. The lowest BCUT2D eigenvalue weighted by atomic mass is 10.0. The molecular weight excluding hydrogens is 316 g/mol. The lowest BCUT2D eigenvalue weighted by Gasteiger charge is -2.16. The minimum atomic E-state index is -0.868.